The minimum absolute atomic E-state index is 0.100. The van der Waals surface area contributed by atoms with E-state index in [1.165, 1.54) is 6.07 Å². The van der Waals surface area contributed by atoms with Crippen molar-refractivity contribution in [2.75, 3.05) is 0 Å². The van der Waals surface area contributed by atoms with Gasteiger partial charge < -0.3 is 10.5 Å². The molecule has 4 nitrogen and oxygen atoms in total. The largest absolute Gasteiger partial charge is 0.489 e. The highest BCUT2D eigenvalue weighted by molar-refractivity contribution is 5.84. The second-order valence-corrected chi connectivity index (χ2v) is 6.38. The molecule has 0 spiro atoms. The summed E-state index contributed by atoms with van der Waals surface area (Å²) in [5.41, 5.74) is 6.41. The second kappa shape index (κ2) is 6.61. The Kier molecular flexibility index (Phi) is 4.53. The van der Waals surface area contributed by atoms with Gasteiger partial charge in [-0.3, -0.25) is 10.1 Å². The van der Waals surface area contributed by atoms with Gasteiger partial charge >= 0.3 is 0 Å². The topological polar surface area (TPSA) is 64.4 Å². The maximum atomic E-state index is 13.6. The van der Waals surface area contributed by atoms with Gasteiger partial charge in [-0.25, -0.2) is 4.39 Å². The molecule has 0 radical (unpaired) electrons. The van der Waals surface area contributed by atoms with E-state index in [4.69, 9.17) is 10.5 Å². The van der Waals surface area contributed by atoms with Crippen molar-refractivity contribution in [1.82, 2.24) is 5.32 Å². The van der Waals surface area contributed by atoms with Crippen LogP contribution in [0, 0.1) is 5.82 Å². The lowest BCUT2D eigenvalue weighted by Crippen LogP contribution is -2.49. The maximum Gasteiger partial charge on any atom is 0.237 e. The monoisotopic (exact) mass is 328 g/mol. The zero-order valence-electron chi connectivity index (χ0n) is 13.6. The van der Waals surface area contributed by atoms with Crippen LogP contribution in [0.5, 0.6) is 5.75 Å². The summed E-state index contributed by atoms with van der Waals surface area (Å²) in [6.45, 7) is 2.02. The summed E-state index contributed by atoms with van der Waals surface area (Å²) in [4.78, 5) is 11.5. The molecule has 2 aromatic rings. The number of carbonyl (C=O) groups excluding carboxylic acids is 1. The molecule has 1 aliphatic rings. The third kappa shape index (κ3) is 3.41. The van der Waals surface area contributed by atoms with Gasteiger partial charge in [-0.05, 0) is 43.5 Å². The van der Waals surface area contributed by atoms with Gasteiger partial charge in [0.25, 0.3) is 0 Å². The van der Waals surface area contributed by atoms with Gasteiger partial charge in [-0.15, -0.1) is 0 Å². The number of halogens is 1. The van der Waals surface area contributed by atoms with E-state index in [-0.39, 0.29) is 24.4 Å². The summed E-state index contributed by atoms with van der Waals surface area (Å²) < 4.78 is 19.2. The highest BCUT2D eigenvalue weighted by Crippen LogP contribution is 2.33. The molecule has 3 N–H and O–H groups in total. The Morgan fingerprint density at radius 3 is 2.62 bits per heavy atom. The molecule has 3 rings (SSSR count). The highest BCUT2D eigenvalue weighted by Gasteiger charge is 2.39. The van der Waals surface area contributed by atoms with Crippen LogP contribution in [0.25, 0.3) is 0 Å². The first-order chi connectivity index (χ1) is 11.5. The summed E-state index contributed by atoms with van der Waals surface area (Å²) in [6.07, 6.45) is 1.58. The van der Waals surface area contributed by atoms with Gasteiger partial charge in [-0.2, -0.15) is 0 Å². The lowest BCUT2D eigenvalue weighted by Gasteiger charge is -2.22. The molecule has 126 valence electrons. The van der Waals surface area contributed by atoms with Crippen LogP contribution in [0.4, 0.5) is 4.39 Å². The smallest absolute Gasteiger partial charge is 0.237 e. The normalized spacial score (nSPS) is 23.2. The molecule has 5 heteroatoms. The van der Waals surface area contributed by atoms with E-state index in [1.54, 1.807) is 18.2 Å². The first-order valence-corrected chi connectivity index (χ1v) is 8.02. The number of hydrogen-bond donors (Lipinski definition) is 2. The predicted octanol–water partition coefficient (Wildman–Crippen LogP) is 3.07. The van der Waals surface area contributed by atoms with E-state index >= 15 is 0 Å². The summed E-state index contributed by atoms with van der Waals surface area (Å²) >= 11 is 0. The number of nitrogens with one attached hydrogen (secondary N) is 1. The Labute approximate surface area is 140 Å². The summed E-state index contributed by atoms with van der Waals surface area (Å²) in [5, 5.41) is 3.30. The summed E-state index contributed by atoms with van der Waals surface area (Å²) in [5.74, 6) is 0.0857. The first-order valence-electron chi connectivity index (χ1n) is 8.02. The quantitative estimate of drug-likeness (QED) is 0.886. The number of amides is 1. The van der Waals surface area contributed by atoms with Crippen LogP contribution in [0.2, 0.25) is 0 Å². The first kappa shape index (κ1) is 16.5. The fraction of sp³-hybridized carbons (Fsp3) is 0.316. The van der Waals surface area contributed by atoms with Gasteiger partial charge in [0.15, 0.2) is 0 Å². The van der Waals surface area contributed by atoms with Crippen molar-refractivity contribution in [3.8, 4) is 5.75 Å². The highest BCUT2D eigenvalue weighted by atomic mass is 19.1. The standard InChI is InChI=1S/C19H21FN2O2/c1-19(18(21)23)11-10-17(22-19)13-6-8-15(9-7-13)24-12-14-4-2-3-5-16(14)20/h2-9,17,22H,10-12H2,1H3,(H2,21,23)/t17-,19+/m0/s1. The minimum Gasteiger partial charge on any atom is -0.489 e. The molecule has 1 amide bonds. The number of hydrogen-bond acceptors (Lipinski definition) is 3. The Morgan fingerprint density at radius 1 is 1.29 bits per heavy atom. The molecule has 0 unspecified atom stereocenters. The SMILES string of the molecule is C[C@]1(C(N)=O)CC[C@@H](c2ccc(OCc3ccccc3F)cc2)N1. The number of nitrogens with two attached hydrogens (primary N) is 1. The van der Waals surface area contributed by atoms with Crippen molar-refractivity contribution in [2.24, 2.45) is 5.73 Å². The van der Waals surface area contributed by atoms with Gasteiger partial charge in [0, 0.05) is 11.6 Å². The maximum absolute atomic E-state index is 13.6. The minimum atomic E-state index is -0.648. The van der Waals surface area contributed by atoms with E-state index in [9.17, 15) is 9.18 Å². The number of ether oxygens (including phenoxy) is 1. The van der Waals surface area contributed by atoms with E-state index in [1.807, 2.05) is 31.2 Å². The second-order valence-electron chi connectivity index (χ2n) is 6.38. The van der Waals surface area contributed by atoms with E-state index in [2.05, 4.69) is 5.32 Å². The predicted molar refractivity (Wildman–Crippen MR) is 89.9 cm³/mol. The molecule has 1 aliphatic heterocycles. The Balaban J connectivity index is 1.62. The molecular weight excluding hydrogens is 307 g/mol. The fourth-order valence-electron chi connectivity index (χ4n) is 2.98. The van der Waals surface area contributed by atoms with Crippen LogP contribution in [0.3, 0.4) is 0 Å². The molecule has 1 fully saturated rings. The van der Waals surface area contributed by atoms with Crippen molar-refractivity contribution < 1.29 is 13.9 Å². The number of benzene rings is 2. The lowest BCUT2D eigenvalue weighted by atomic mass is 9.99. The van der Waals surface area contributed by atoms with Crippen LogP contribution in [-0.4, -0.2) is 11.4 Å². The van der Waals surface area contributed by atoms with Crippen LogP contribution >= 0.6 is 0 Å². The molecule has 0 saturated carbocycles. The molecule has 1 heterocycles. The Hall–Kier alpha value is -2.40. The Bertz CT molecular complexity index is 732. The van der Waals surface area contributed by atoms with Crippen LogP contribution in [0.1, 0.15) is 36.9 Å². The van der Waals surface area contributed by atoms with Crippen LogP contribution in [0.15, 0.2) is 48.5 Å². The van der Waals surface area contributed by atoms with Crippen LogP contribution < -0.4 is 15.8 Å². The molecule has 1 saturated heterocycles. The van der Waals surface area contributed by atoms with Gasteiger partial charge in [-0.1, -0.05) is 30.3 Å². The van der Waals surface area contributed by atoms with Crippen LogP contribution in [-0.2, 0) is 11.4 Å². The molecule has 2 aromatic carbocycles. The number of carbonyl (C=O) groups is 1. The van der Waals surface area contributed by atoms with E-state index in [0.29, 0.717) is 11.3 Å². The van der Waals surface area contributed by atoms with Gasteiger partial charge in [0.05, 0.1) is 5.54 Å². The fourth-order valence-corrected chi connectivity index (χ4v) is 2.98. The molecular formula is C19H21FN2O2. The van der Waals surface area contributed by atoms with Gasteiger partial charge in [0.1, 0.15) is 18.2 Å². The molecule has 0 aromatic heterocycles. The number of rotatable bonds is 5. The van der Waals surface area contributed by atoms with Crippen molar-refractivity contribution in [1.29, 1.82) is 0 Å². The zero-order valence-corrected chi connectivity index (χ0v) is 13.6. The molecule has 2 atom stereocenters. The Morgan fingerprint density at radius 2 is 2.00 bits per heavy atom. The van der Waals surface area contributed by atoms with Crippen molar-refractivity contribution >= 4 is 5.91 Å². The van der Waals surface area contributed by atoms with Crippen molar-refractivity contribution in [3.63, 3.8) is 0 Å². The average Bonchev–Trinajstić information content (AvgIpc) is 2.99. The molecule has 24 heavy (non-hydrogen) atoms. The van der Waals surface area contributed by atoms with E-state index in [0.717, 1.165) is 18.4 Å². The lowest BCUT2D eigenvalue weighted by molar-refractivity contribution is -0.123. The average molecular weight is 328 g/mol. The van der Waals surface area contributed by atoms with E-state index < -0.39 is 5.54 Å². The zero-order chi connectivity index (χ0) is 17.2. The number of primary amides is 1. The molecule has 0 bridgehead atoms. The molecule has 0 aliphatic carbocycles. The summed E-state index contributed by atoms with van der Waals surface area (Å²) in [7, 11) is 0. The third-order valence-electron chi connectivity index (χ3n) is 4.60. The van der Waals surface area contributed by atoms with Gasteiger partial charge in [0.2, 0.25) is 5.91 Å². The summed E-state index contributed by atoms with van der Waals surface area (Å²) in [6, 6.07) is 14.3. The van der Waals surface area contributed by atoms with Crippen molar-refractivity contribution in [2.45, 2.75) is 38.0 Å². The van der Waals surface area contributed by atoms with Crippen molar-refractivity contribution in [3.05, 3.63) is 65.5 Å². The third-order valence-corrected chi connectivity index (χ3v) is 4.60.